The predicted molar refractivity (Wildman–Crippen MR) is 109 cm³/mol. The highest BCUT2D eigenvalue weighted by molar-refractivity contribution is 7.17. The summed E-state index contributed by atoms with van der Waals surface area (Å²) in [5, 5.41) is 11.0. The van der Waals surface area contributed by atoms with Gasteiger partial charge in [0.2, 0.25) is 0 Å². The van der Waals surface area contributed by atoms with E-state index >= 15 is 0 Å². The van der Waals surface area contributed by atoms with Gasteiger partial charge in [0.25, 0.3) is 0 Å². The zero-order chi connectivity index (χ0) is 17.7. The number of nitrogens with zero attached hydrogens (tertiary/aromatic N) is 5. The van der Waals surface area contributed by atoms with Gasteiger partial charge in [0.15, 0.2) is 17.3 Å². The first kappa shape index (κ1) is 17.4. The van der Waals surface area contributed by atoms with Crippen molar-refractivity contribution in [1.29, 1.82) is 0 Å². The highest BCUT2D eigenvalue weighted by Crippen LogP contribution is 2.38. The SMILES string of the molecule is CCn1c(-c2nonc2N)nc2cncc(-c3csc4ccccc34)c21.Cl. The molecule has 136 valence electrons. The van der Waals surface area contributed by atoms with Crippen molar-refractivity contribution in [2.75, 3.05) is 5.73 Å². The molecule has 2 N–H and O–H groups in total. The molecular weight excluding hydrogens is 384 g/mol. The van der Waals surface area contributed by atoms with Crippen molar-refractivity contribution in [3.05, 3.63) is 42.0 Å². The fourth-order valence-electron chi connectivity index (χ4n) is 3.31. The van der Waals surface area contributed by atoms with Gasteiger partial charge in [0.1, 0.15) is 5.52 Å². The number of halogens is 1. The van der Waals surface area contributed by atoms with Crippen LogP contribution in [-0.2, 0) is 6.54 Å². The van der Waals surface area contributed by atoms with Crippen LogP contribution in [0.5, 0.6) is 0 Å². The van der Waals surface area contributed by atoms with Crippen molar-refractivity contribution in [1.82, 2.24) is 24.8 Å². The number of hydrogen-bond acceptors (Lipinski definition) is 7. The second kappa shape index (κ2) is 6.64. The van der Waals surface area contributed by atoms with Crippen molar-refractivity contribution in [2.45, 2.75) is 13.5 Å². The Balaban J connectivity index is 0.00000180. The summed E-state index contributed by atoms with van der Waals surface area (Å²) in [6, 6.07) is 8.36. The van der Waals surface area contributed by atoms with Gasteiger partial charge in [-0.25, -0.2) is 9.61 Å². The number of aromatic nitrogens is 5. The minimum absolute atomic E-state index is 0. The number of aryl methyl sites for hydroxylation is 1. The van der Waals surface area contributed by atoms with Crippen LogP contribution in [0.3, 0.4) is 0 Å². The second-order valence-corrected chi connectivity index (χ2v) is 6.79. The number of fused-ring (bicyclic) bond motifs is 2. The summed E-state index contributed by atoms with van der Waals surface area (Å²) in [5.41, 5.74) is 10.3. The standard InChI is InChI=1S/C18H14N6OS.ClH/c1-2-24-16-11(12-9-26-14-6-4-3-5-10(12)14)7-20-8-13(16)21-18(24)15-17(19)23-25-22-15;/h3-9H,2H2,1H3,(H2,19,23);1H. The van der Waals surface area contributed by atoms with E-state index in [1.54, 1.807) is 17.5 Å². The van der Waals surface area contributed by atoms with Gasteiger partial charge in [-0.15, -0.1) is 23.7 Å². The highest BCUT2D eigenvalue weighted by atomic mass is 35.5. The Morgan fingerprint density at radius 2 is 2.00 bits per heavy atom. The Morgan fingerprint density at radius 1 is 1.15 bits per heavy atom. The zero-order valence-corrected chi connectivity index (χ0v) is 15.9. The van der Waals surface area contributed by atoms with E-state index in [4.69, 9.17) is 15.3 Å². The highest BCUT2D eigenvalue weighted by Gasteiger charge is 2.21. The molecule has 0 spiro atoms. The average Bonchev–Trinajstić information content (AvgIpc) is 3.36. The lowest BCUT2D eigenvalue weighted by atomic mass is 10.1. The Morgan fingerprint density at radius 3 is 2.78 bits per heavy atom. The first-order valence-electron chi connectivity index (χ1n) is 8.17. The molecule has 0 radical (unpaired) electrons. The maximum atomic E-state index is 5.89. The van der Waals surface area contributed by atoms with Crippen LogP contribution >= 0.6 is 23.7 Å². The van der Waals surface area contributed by atoms with Gasteiger partial charge < -0.3 is 10.3 Å². The molecule has 0 aliphatic heterocycles. The van der Waals surface area contributed by atoms with Crippen molar-refractivity contribution in [3.8, 4) is 22.6 Å². The van der Waals surface area contributed by atoms with Crippen LogP contribution in [0.4, 0.5) is 5.82 Å². The number of hydrogen-bond donors (Lipinski definition) is 1. The Labute approximate surface area is 164 Å². The quantitative estimate of drug-likeness (QED) is 0.484. The van der Waals surface area contributed by atoms with Gasteiger partial charge in [0.05, 0.1) is 11.7 Å². The van der Waals surface area contributed by atoms with E-state index in [1.807, 2.05) is 6.20 Å². The van der Waals surface area contributed by atoms with Crippen LogP contribution < -0.4 is 5.73 Å². The minimum Gasteiger partial charge on any atom is -0.379 e. The first-order valence-corrected chi connectivity index (χ1v) is 9.05. The Kier molecular flexibility index (Phi) is 4.29. The number of pyridine rings is 1. The van der Waals surface area contributed by atoms with Gasteiger partial charge in [-0.3, -0.25) is 4.98 Å². The summed E-state index contributed by atoms with van der Waals surface area (Å²) in [7, 11) is 0. The molecule has 5 rings (SSSR count). The fourth-order valence-corrected chi connectivity index (χ4v) is 4.27. The molecule has 1 aromatic carbocycles. The number of rotatable bonds is 3. The summed E-state index contributed by atoms with van der Waals surface area (Å²) in [4.78, 5) is 9.10. The molecule has 0 unspecified atom stereocenters. The van der Waals surface area contributed by atoms with E-state index in [2.05, 4.69) is 56.4 Å². The second-order valence-electron chi connectivity index (χ2n) is 5.88. The molecule has 4 aromatic heterocycles. The Hall–Kier alpha value is -2.97. The third-order valence-electron chi connectivity index (χ3n) is 4.46. The van der Waals surface area contributed by atoms with Crippen LogP contribution in [0.1, 0.15) is 6.92 Å². The molecule has 0 fully saturated rings. The summed E-state index contributed by atoms with van der Waals surface area (Å²) in [6.45, 7) is 2.77. The van der Waals surface area contributed by atoms with Gasteiger partial charge >= 0.3 is 0 Å². The van der Waals surface area contributed by atoms with E-state index in [0.717, 1.165) is 22.2 Å². The predicted octanol–water partition coefficient (Wildman–Crippen LogP) is 4.39. The topological polar surface area (TPSA) is 95.7 Å². The molecule has 5 aromatic rings. The van der Waals surface area contributed by atoms with Crippen LogP contribution in [0, 0.1) is 0 Å². The molecule has 7 nitrogen and oxygen atoms in total. The molecule has 0 aliphatic carbocycles. The number of anilines is 1. The lowest BCUT2D eigenvalue weighted by Crippen LogP contribution is -2.01. The number of benzene rings is 1. The normalized spacial score (nSPS) is 11.1. The maximum Gasteiger partial charge on any atom is 0.199 e. The van der Waals surface area contributed by atoms with Gasteiger partial charge in [-0.2, -0.15) is 0 Å². The molecule has 0 atom stereocenters. The van der Waals surface area contributed by atoms with E-state index in [-0.39, 0.29) is 18.2 Å². The number of imidazole rings is 1. The average molecular weight is 399 g/mol. The molecular formula is C18H15ClN6OS. The molecule has 0 saturated heterocycles. The van der Waals surface area contributed by atoms with Crippen LogP contribution in [0.2, 0.25) is 0 Å². The maximum absolute atomic E-state index is 5.89. The third-order valence-corrected chi connectivity index (χ3v) is 5.43. The van der Waals surface area contributed by atoms with E-state index in [0.29, 0.717) is 18.1 Å². The fraction of sp³-hybridized carbons (Fsp3) is 0.111. The summed E-state index contributed by atoms with van der Waals surface area (Å²) >= 11 is 1.72. The van der Waals surface area contributed by atoms with Gasteiger partial charge in [0, 0.05) is 34.0 Å². The minimum atomic E-state index is 0. The van der Waals surface area contributed by atoms with E-state index in [1.165, 1.54) is 10.1 Å². The lowest BCUT2D eigenvalue weighted by molar-refractivity contribution is 0.310. The van der Waals surface area contributed by atoms with Crippen molar-refractivity contribution < 1.29 is 4.63 Å². The number of nitrogens with two attached hydrogens (primary N) is 1. The van der Waals surface area contributed by atoms with Crippen molar-refractivity contribution in [3.63, 3.8) is 0 Å². The van der Waals surface area contributed by atoms with E-state index in [9.17, 15) is 0 Å². The largest absolute Gasteiger partial charge is 0.379 e. The number of nitrogen functional groups attached to an aromatic ring is 1. The molecule has 9 heteroatoms. The molecule has 0 saturated carbocycles. The summed E-state index contributed by atoms with van der Waals surface area (Å²) in [6.07, 6.45) is 3.64. The monoisotopic (exact) mass is 398 g/mol. The molecule has 0 aliphatic rings. The molecule has 4 heterocycles. The molecule has 0 amide bonds. The smallest absolute Gasteiger partial charge is 0.199 e. The van der Waals surface area contributed by atoms with E-state index < -0.39 is 0 Å². The zero-order valence-electron chi connectivity index (χ0n) is 14.3. The molecule has 27 heavy (non-hydrogen) atoms. The third kappa shape index (κ3) is 2.56. The first-order chi connectivity index (χ1) is 12.8. The summed E-state index contributed by atoms with van der Waals surface area (Å²) < 4.78 is 8.08. The van der Waals surface area contributed by atoms with Crippen LogP contribution in [0.25, 0.3) is 43.8 Å². The van der Waals surface area contributed by atoms with Gasteiger partial charge in [-0.1, -0.05) is 18.2 Å². The summed E-state index contributed by atoms with van der Waals surface area (Å²) in [5.74, 6) is 0.862. The van der Waals surface area contributed by atoms with Crippen LogP contribution in [-0.4, -0.2) is 24.8 Å². The van der Waals surface area contributed by atoms with Crippen molar-refractivity contribution >= 4 is 50.7 Å². The Bertz CT molecular complexity index is 1260. The number of thiophene rings is 1. The molecule has 0 bridgehead atoms. The van der Waals surface area contributed by atoms with Crippen molar-refractivity contribution in [2.24, 2.45) is 0 Å². The van der Waals surface area contributed by atoms with Gasteiger partial charge in [-0.05, 0) is 28.7 Å². The van der Waals surface area contributed by atoms with Crippen LogP contribution in [0.15, 0.2) is 46.7 Å². The lowest BCUT2D eigenvalue weighted by Gasteiger charge is -2.08.